The number of hydrogen-bond donors (Lipinski definition) is 0. The molecule has 1 aliphatic carbocycles. The molecule has 1 aliphatic heterocycles. The number of fused-ring (bicyclic) bond motifs is 1. The summed E-state index contributed by atoms with van der Waals surface area (Å²) in [4.78, 5) is 22.2. The summed E-state index contributed by atoms with van der Waals surface area (Å²) in [5.41, 5.74) is 0. The Morgan fingerprint density at radius 2 is 1.32 bits per heavy atom. The van der Waals surface area contributed by atoms with Crippen LogP contribution >= 0.6 is 0 Å². The normalized spacial score (nSPS) is 35.6. The lowest BCUT2D eigenvalue weighted by Gasteiger charge is -2.31. The van der Waals surface area contributed by atoms with Crippen molar-refractivity contribution in [2.24, 2.45) is 0 Å². The molecule has 1 fully saturated rings. The minimum atomic E-state index is -0.807. The Bertz CT molecular complexity index is 377. The highest BCUT2D eigenvalue weighted by Gasteiger charge is 2.51. The van der Waals surface area contributed by atoms with Gasteiger partial charge in [0.2, 0.25) is 0 Å². The molecule has 0 aromatic rings. The summed E-state index contributed by atoms with van der Waals surface area (Å²) in [6.07, 6.45) is 1.32. The first-order valence-electron chi connectivity index (χ1n) is 6.17. The largest absolute Gasteiger partial charge is 0.455 e. The van der Waals surface area contributed by atoms with Crippen molar-refractivity contribution in [3.05, 3.63) is 12.2 Å². The van der Waals surface area contributed by atoms with Gasteiger partial charge in [0, 0.05) is 13.8 Å². The quantitative estimate of drug-likeness (QED) is 0.549. The van der Waals surface area contributed by atoms with Crippen LogP contribution in [-0.2, 0) is 28.5 Å². The van der Waals surface area contributed by atoms with Crippen molar-refractivity contribution in [2.45, 2.75) is 57.9 Å². The Kier molecular flexibility index (Phi) is 3.64. The molecule has 2 aliphatic rings. The first kappa shape index (κ1) is 14.0. The molecular formula is C13H18O6. The molecule has 19 heavy (non-hydrogen) atoms. The second-order valence-electron chi connectivity index (χ2n) is 5.10. The average molecular weight is 270 g/mol. The minimum Gasteiger partial charge on any atom is -0.455 e. The molecule has 0 aromatic carbocycles. The van der Waals surface area contributed by atoms with Crippen LogP contribution in [0.3, 0.4) is 0 Å². The number of esters is 2. The molecular weight excluding hydrogens is 252 g/mol. The maximum atomic E-state index is 11.1. The van der Waals surface area contributed by atoms with Crippen molar-refractivity contribution < 1.29 is 28.5 Å². The van der Waals surface area contributed by atoms with Crippen LogP contribution < -0.4 is 0 Å². The van der Waals surface area contributed by atoms with E-state index in [0.29, 0.717) is 0 Å². The topological polar surface area (TPSA) is 71.1 Å². The van der Waals surface area contributed by atoms with Crippen LogP contribution in [0.1, 0.15) is 27.7 Å². The molecule has 6 nitrogen and oxygen atoms in total. The van der Waals surface area contributed by atoms with Crippen LogP contribution in [0, 0.1) is 0 Å². The molecule has 1 saturated heterocycles. The van der Waals surface area contributed by atoms with Crippen LogP contribution in [-0.4, -0.2) is 42.1 Å². The predicted molar refractivity (Wildman–Crippen MR) is 64.1 cm³/mol. The Morgan fingerprint density at radius 3 is 1.63 bits per heavy atom. The highest BCUT2D eigenvalue weighted by Crippen LogP contribution is 2.36. The van der Waals surface area contributed by atoms with Crippen LogP contribution in [0.2, 0.25) is 0 Å². The van der Waals surface area contributed by atoms with Gasteiger partial charge in [0.1, 0.15) is 24.4 Å². The molecule has 0 spiro atoms. The second-order valence-corrected chi connectivity index (χ2v) is 5.10. The van der Waals surface area contributed by atoms with Crippen LogP contribution in [0.5, 0.6) is 0 Å². The van der Waals surface area contributed by atoms with Crippen LogP contribution in [0.15, 0.2) is 12.2 Å². The van der Waals surface area contributed by atoms with Gasteiger partial charge in [0.15, 0.2) is 5.79 Å². The fourth-order valence-electron chi connectivity index (χ4n) is 2.36. The van der Waals surface area contributed by atoms with Gasteiger partial charge in [-0.05, 0) is 26.0 Å². The summed E-state index contributed by atoms with van der Waals surface area (Å²) < 4.78 is 21.8. The van der Waals surface area contributed by atoms with Crippen LogP contribution in [0.4, 0.5) is 0 Å². The van der Waals surface area contributed by atoms with Gasteiger partial charge in [-0.1, -0.05) is 0 Å². The molecule has 4 atom stereocenters. The summed E-state index contributed by atoms with van der Waals surface area (Å²) in [6, 6.07) is 0. The fourth-order valence-corrected chi connectivity index (χ4v) is 2.36. The van der Waals surface area contributed by atoms with Crippen molar-refractivity contribution in [1.29, 1.82) is 0 Å². The third-order valence-corrected chi connectivity index (χ3v) is 2.91. The van der Waals surface area contributed by atoms with E-state index in [4.69, 9.17) is 18.9 Å². The monoisotopic (exact) mass is 270 g/mol. The molecule has 0 amide bonds. The molecule has 0 aromatic heterocycles. The Labute approximate surface area is 111 Å². The predicted octanol–water partition coefficient (Wildman–Crippen LogP) is 0.940. The van der Waals surface area contributed by atoms with Gasteiger partial charge in [-0.25, -0.2) is 0 Å². The summed E-state index contributed by atoms with van der Waals surface area (Å²) in [7, 11) is 0. The van der Waals surface area contributed by atoms with Crippen molar-refractivity contribution in [2.75, 3.05) is 0 Å². The molecule has 0 N–H and O–H groups in total. The van der Waals surface area contributed by atoms with Crippen molar-refractivity contribution >= 4 is 11.9 Å². The van der Waals surface area contributed by atoms with Gasteiger partial charge in [0.25, 0.3) is 0 Å². The zero-order chi connectivity index (χ0) is 14.2. The lowest BCUT2D eigenvalue weighted by atomic mass is 9.96. The lowest BCUT2D eigenvalue weighted by Crippen LogP contribution is -2.47. The number of ether oxygens (including phenoxy) is 4. The van der Waals surface area contributed by atoms with E-state index in [1.54, 1.807) is 26.0 Å². The van der Waals surface area contributed by atoms with Gasteiger partial charge in [0.05, 0.1) is 0 Å². The van der Waals surface area contributed by atoms with Gasteiger partial charge >= 0.3 is 11.9 Å². The fraction of sp³-hybridized carbons (Fsp3) is 0.692. The van der Waals surface area contributed by atoms with Crippen molar-refractivity contribution in [1.82, 2.24) is 0 Å². The van der Waals surface area contributed by atoms with E-state index in [1.165, 1.54) is 13.8 Å². The number of carbonyl (C=O) groups excluding carboxylic acids is 2. The van der Waals surface area contributed by atoms with Gasteiger partial charge in [-0.3, -0.25) is 9.59 Å². The zero-order valence-electron chi connectivity index (χ0n) is 11.4. The number of rotatable bonds is 2. The highest BCUT2D eigenvalue weighted by molar-refractivity contribution is 5.67. The third kappa shape index (κ3) is 3.13. The highest BCUT2D eigenvalue weighted by atomic mass is 16.8. The molecule has 4 unspecified atom stereocenters. The number of hydrogen-bond acceptors (Lipinski definition) is 6. The van der Waals surface area contributed by atoms with Crippen molar-refractivity contribution in [3.63, 3.8) is 0 Å². The standard InChI is InChI=1S/C13H18O6/c1-7(14)16-9-5-6-10(17-8(2)15)12-11(9)18-13(3,4)19-12/h5-6,9-12H,1-4H3. The van der Waals surface area contributed by atoms with E-state index in [9.17, 15) is 9.59 Å². The second kappa shape index (κ2) is 4.94. The number of carbonyl (C=O) groups is 2. The van der Waals surface area contributed by atoms with E-state index < -0.39 is 42.1 Å². The smallest absolute Gasteiger partial charge is 0.303 e. The molecule has 0 bridgehead atoms. The lowest BCUT2D eigenvalue weighted by molar-refractivity contribution is -0.167. The molecule has 1 heterocycles. The van der Waals surface area contributed by atoms with E-state index in [0.717, 1.165) is 0 Å². The molecule has 0 saturated carbocycles. The van der Waals surface area contributed by atoms with E-state index >= 15 is 0 Å². The third-order valence-electron chi connectivity index (χ3n) is 2.91. The van der Waals surface area contributed by atoms with Gasteiger partial charge in [-0.2, -0.15) is 0 Å². The summed E-state index contributed by atoms with van der Waals surface area (Å²) in [5.74, 6) is -1.60. The molecule has 2 rings (SSSR count). The van der Waals surface area contributed by atoms with E-state index in [1.807, 2.05) is 0 Å². The molecule has 106 valence electrons. The van der Waals surface area contributed by atoms with Gasteiger partial charge < -0.3 is 18.9 Å². The maximum Gasteiger partial charge on any atom is 0.303 e. The first-order chi connectivity index (χ1) is 8.78. The summed E-state index contributed by atoms with van der Waals surface area (Å²) in [6.45, 7) is 6.20. The summed E-state index contributed by atoms with van der Waals surface area (Å²) >= 11 is 0. The Hall–Kier alpha value is -1.40. The molecule has 6 heteroatoms. The van der Waals surface area contributed by atoms with E-state index in [-0.39, 0.29) is 0 Å². The zero-order valence-corrected chi connectivity index (χ0v) is 11.4. The average Bonchev–Trinajstić information content (AvgIpc) is 2.57. The molecule has 0 radical (unpaired) electrons. The SMILES string of the molecule is CC(=O)OC1C=CC(OC(C)=O)C2OC(C)(C)OC12. The Balaban J connectivity index is 2.20. The summed E-state index contributed by atoms with van der Waals surface area (Å²) in [5, 5.41) is 0. The van der Waals surface area contributed by atoms with Crippen LogP contribution in [0.25, 0.3) is 0 Å². The maximum absolute atomic E-state index is 11.1. The van der Waals surface area contributed by atoms with E-state index in [2.05, 4.69) is 0 Å². The first-order valence-corrected chi connectivity index (χ1v) is 6.17. The Morgan fingerprint density at radius 1 is 0.947 bits per heavy atom. The minimum absolute atomic E-state index is 0.396. The van der Waals surface area contributed by atoms with Crippen molar-refractivity contribution in [3.8, 4) is 0 Å². The van der Waals surface area contributed by atoms with Gasteiger partial charge in [-0.15, -0.1) is 0 Å².